The van der Waals surface area contributed by atoms with Crippen molar-refractivity contribution in [2.24, 2.45) is 0 Å². The topological polar surface area (TPSA) is 26.3 Å². The van der Waals surface area contributed by atoms with Crippen LogP contribution in [0.15, 0.2) is 30.3 Å². The van der Waals surface area contributed by atoms with E-state index in [4.69, 9.17) is 4.74 Å². The van der Waals surface area contributed by atoms with E-state index < -0.39 is 0 Å². The zero-order valence-corrected chi connectivity index (χ0v) is 10.5. The number of hydrogen-bond donors (Lipinski definition) is 0. The Morgan fingerprint density at radius 2 is 1.94 bits per heavy atom. The van der Waals surface area contributed by atoms with E-state index in [-0.39, 0.29) is 5.97 Å². The second-order valence-electron chi connectivity index (χ2n) is 4.86. The molecular weight excluding hydrogens is 224 g/mol. The smallest absolute Gasteiger partial charge is 0.302 e. The number of carbonyl (C=O) groups excluding carboxylic acids is 1. The van der Waals surface area contributed by atoms with Crippen molar-refractivity contribution >= 4 is 16.7 Å². The minimum absolute atomic E-state index is 0.226. The summed E-state index contributed by atoms with van der Waals surface area (Å²) in [6.07, 6.45) is 3.54. The molecule has 0 radical (unpaired) electrons. The van der Waals surface area contributed by atoms with E-state index in [1.807, 2.05) is 0 Å². The first kappa shape index (κ1) is 11.3. The van der Waals surface area contributed by atoms with E-state index >= 15 is 0 Å². The molecule has 0 spiro atoms. The van der Waals surface area contributed by atoms with E-state index in [0.717, 1.165) is 18.4 Å². The number of aryl methyl sites for hydroxylation is 2. The minimum Gasteiger partial charge on any atom is -0.461 e. The maximum atomic E-state index is 10.9. The normalized spacial score (nSPS) is 13.6. The van der Waals surface area contributed by atoms with Gasteiger partial charge in [0, 0.05) is 6.92 Å². The van der Waals surface area contributed by atoms with Gasteiger partial charge in [0.1, 0.15) is 6.61 Å². The fourth-order valence-electron chi connectivity index (χ4n) is 2.81. The van der Waals surface area contributed by atoms with Crippen LogP contribution in [0.25, 0.3) is 10.8 Å². The van der Waals surface area contributed by atoms with Gasteiger partial charge in [-0.1, -0.05) is 30.3 Å². The predicted molar refractivity (Wildman–Crippen MR) is 71.4 cm³/mol. The lowest BCUT2D eigenvalue weighted by atomic mass is 9.87. The molecule has 2 aromatic carbocycles. The van der Waals surface area contributed by atoms with Gasteiger partial charge in [0.2, 0.25) is 0 Å². The highest BCUT2D eigenvalue weighted by molar-refractivity contribution is 5.92. The number of hydrogen-bond acceptors (Lipinski definition) is 2. The first-order valence-electron chi connectivity index (χ1n) is 6.41. The molecule has 0 saturated heterocycles. The van der Waals surface area contributed by atoms with Crippen molar-refractivity contribution in [3.63, 3.8) is 0 Å². The maximum absolute atomic E-state index is 10.9. The Kier molecular flexibility index (Phi) is 2.78. The lowest BCUT2D eigenvalue weighted by molar-refractivity contribution is -0.142. The lowest BCUT2D eigenvalue weighted by Gasteiger charge is -2.19. The molecule has 0 fully saturated rings. The van der Waals surface area contributed by atoms with Crippen molar-refractivity contribution in [3.05, 3.63) is 47.0 Å². The predicted octanol–water partition coefficient (Wildman–Crippen LogP) is 3.39. The van der Waals surface area contributed by atoms with Gasteiger partial charge in [0.25, 0.3) is 0 Å². The van der Waals surface area contributed by atoms with Gasteiger partial charge in [0.15, 0.2) is 0 Å². The molecule has 0 aliphatic heterocycles. The van der Waals surface area contributed by atoms with Crippen LogP contribution < -0.4 is 0 Å². The molecule has 3 rings (SSSR count). The Bertz CT molecular complexity index is 604. The average molecular weight is 240 g/mol. The van der Waals surface area contributed by atoms with E-state index in [1.165, 1.54) is 35.2 Å². The van der Waals surface area contributed by atoms with Crippen LogP contribution in [0, 0.1) is 0 Å². The van der Waals surface area contributed by atoms with Gasteiger partial charge < -0.3 is 4.74 Å². The van der Waals surface area contributed by atoms with Gasteiger partial charge in [-0.15, -0.1) is 0 Å². The fraction of sp³-hybridized carbons (Fsp3) is 0.312. The summed E-state index contributed by atoms with van der Waals surface area (Å²) in [5, 5.41) is 2.62. The highest BCUT2D eigenvalue weighted by atomic mass is 16.5. The molecule has 2 heteroatoms. The monoisotopic (exact) mass is 240 g/mol. The van der Waals surface area contributed by atoms with Crippen molar-refractivity contribution in [2.75, 3.05) is 0 Å². The van der Waals surface area contributed by atoms with Crippen molar-refractivity contribution in [1.82, 2.24) is 0 Å². The largest absolute Gasteiger partial charge is 0.461 e. The van der Waals surface area contributed by atoms with Crippen molar-refractivity contribution in [2.45, 2.75) is 32.8 Å². The SMILES string of the molecule is CC(=O)OCc1ccc2c3c(cccc13)CCC2. The van der Waals surface area contributed by atoms with Crippen LogP contribution in [0.3, 0.4) is 0 Å². The first-order chi connectivity index (χ1) is 8.75. The Labute approximate surface area is 107 Å². The highest BCUT2D eigenvalue weighted by Gasteiger charge is 2.14. The number of benzene rings is 2. The quantitative estimate of drug-likeness (QED) is 0.752. The van der Waals surface area contributed by atoms with Crippen LogP contribution >= 0.6 is 0 Å². The van der Waals surface area contributed by atoms with Gasteiger partial charge in [-0.2, -0.15) is 0 Å². The zero-order chi connectivity index (χ0) is 12.5. The Morgan fingerprint density at radius 1 is 1.17 bits per heavy atom. The third kappa shape index (κ3) is 1.88. The van der Waals surface area contributed by atoms with E-state index in [2.05, 4.69) is 30.3 Å². The summed E-state index contributed by atoms with van der Waals surface area (Å²) in [4.78, 5) is 10.9. The summed E-state index contributed by atoms with van der Waals surface area (Å²) in [7, 11) is 0. The number of rotatable bonds is 2. The van der Waals surface area contributed by atoms with Crippen molar-refractivity contribution < 1.29 is 9.53 Å². The molecule has 0 bridgehead atoms. The molecule has 0 saturated carbocycles. The molecule has 0 N–H and O–H groups in total. The van der Waals surface area contributed by atoms with E-state index in [9.17, 15) is 4.79 Å². The standard InChI is InChI=1S/C16H16O2/c1-11(17)18-10-14-9-8-13-5-2-4-12-6-3-7-15(14)16(12)13/h3,6-9H,2,4-5,10H2,1H3. The number of carbonyl (C=O) groups is 1. The second kappa shape index (κ2) is 4.45. The van der Waals surface area contributed by atoms with Crippen LogP contribution in [0.4, 0.5) is 0 Å². The molecule has 0 aromatic heterocycles. The Hall–Kier alpha value is -1.83. The van der Waals surface area contributed by atoms with Crippen LogP contribution in [-0.2, 0) is 29.0 Å². The minimum atomic E-state index is -0.226. The van der Waals surface area contributed by atoms with Crippen molar-refractivity contribution in [1.29, 1.82) is 0 Å². The van der Waals surface area contributed by atoms with Crippen LogP contribution in [0.5, 0.6) is 0 Å². The third-order valence-electron chi connectivity index (χ3n) is 3.63. The lowest BCUT2D eigenvalue weighted by Crippen LogP contribution is -2.04. The molecule has 0 unspecified atom stereocenters. The van der Waals surface area contributed by atoms with Crippen molar-refractivity contribution in [3.8, 4) is 0 Å². The molecule has 1 aliphatic carbocycles. The average Bonchev–Trinajstić information content (AvgIpc) is 2.38. The molecule has 0 atom stereocenters. The van der Waals surface area contributed by atoms with E-state index in [0.29, 0.717) is 6.61 Å². The molecule has 1 aliphatic rings. The molecule has 0 amide bonds. The maximum Gasteiger partial charge on any atom is 0.302 e. The summed E-state index contributed by atoms with van der Waals surface area (Å²) in [6.45, 7) is 1.82. The van der Waals surface area contributed by atoms with Gasteiger partial charge >= 0.3 is 5.97 Å². The summed E-state index contributed by atoms with van der Waals surface area (Å²) >= 11 is 0. The third-order valence-corrected chi connectivity index (χ3v) is 3.63. The van der Waals surface area contributed by atoms with Gasteiger partial charge in [-0.3, -0.25) is 4.79 Å². The molecule has 92 valence electrons. The second-order valence-corrected chi connectivity index (χ2v) is 4.86. The Morgan fingerprint density at radius 3 is 2.72 bits per heavy atom. The van der Waals surface area contributed by atoms with Crippen LogP contribution in [0.1, 0.15) is 30.0 Å². The van der Waals surface area contributed by atoms with Gasteiger partial charge in [-0.25, -0.2) is 0 Å². The number of ether oxygens (including phenoxy) is 1. The first-order valence-corrected chi connectivity index (χ1v) is 6.41. The summed E-state index contributed by atoms with van der Waals surface area (Å²) < 4.78 is 5.13. The molecule has 0 heterocycles. The molecule has 18 heavy (non-hydrogen) atoms. The molecule has 2 aromatic rings. The number of esters is 1. The zero-order valence-electron chi connectivity index (χ0n) is 10.5. The van der Waals surface area contributed by atoms with E-state index in [1.54, 1.807) is 0 Å². The van der Waals surface area contributed by atoms with Crippen LogP contribution in [0.2, 0.25) is 0 Å². The summed E-state index contributed by atoms with van der Waals surface area (Å²) in [5.74, 6) is -0.226. The van der Waals surface area contributed by atoms with Gasteiger partial charge in [-0.05, 0) is 46.7 Å². The fourth-order valence-corrected chi connectivity index (χ4v) is 2.81. The summed E-state index contributed by atoms with van der Waals surface area (Å²) in [5.41, 5.74) is 3.96. The summed E-state index contributed by atoms with van der Waals surface area (Å²) in [6, 6.07) is 10.7. The van der Waals surface area contributed by atoms with Crippen LogP contribution in [-0.4, -0.2) is 5.97 Å². The van der Waals surface area contributed by atoms with Gasteiger partial charge in [0.05, 0.1) is 0 Å². The highest BCUT2D eigenvalue weighted by Crippen LogP contribution is 2.32. The molecule has 2 nitrogen and oxygen atoms in total. The molecular formula is C16H16O2. The Balaban J connectivity index is 2.12.